The molecule has 0 saturated carbocycles. The molecule has 4 aromatic rings. The lowest BCUT2D eigenvalue weighted by atomic mass is 9.91. The molecule has 0 amide bonds. The van der Waals surface area contributed by atoms with Crippen molar-refractivity contribution in [2.75, 3.05) is 24.4 Å². The number of methoxy groups -OCH3 is 1. The highest BCUT2D eigenvalue weighted by Crippen LogP contribution is 2.53. The number of carbonyl (C=O) groups is 1. The number of nitrogens with two attached hydrogens (primary N) is 1. The number of nitrogens with zero attached hydrogens (tertiary/aromatic N) is 4. The fraction of sp³-hybridized carbons (Fsp3) is 0.133. The molecule has 2 aliphatic heterocycles. The Labute approximate surface area is 248 Å². The van der Waals surface area contributed by atoms with E-state index in [9.17, 15) is 9.90 Å². The van der Waals surface area contributed by atoms with Gasteiger partial charge >= 0.3 is 5.97 Å². The van der Waals surface area contributed by atoms with Gasteiger partial charge in [0.25, 0.3) is 0 Å². The van der Waals surface area contributed by atoms with Gasteiger partial charge in [0.15, 0.2) is 22.5 Å². The fourth-order valence-electron chi connectivity index (χ4n) is 4.88. The summed E-state index contributed by atoms with van der Waals surface area (Å²) in [6, 6.07) is 21.5. The number of halogens is 1. The number of hydrogen-bond donors (Lipinski definition) is 2. The zero-order chi connectivity index (χ0) is 28.7. The number of carbonyl (C=O) groups excluding carboxylic acids is 1. The monoisotopic (exact) mass is 629 g/mol. The van der Waals surface area contributed by atoms with Crippen LogP contribution in [0.2, 0.25) is 0 Å². The Morgan fingerprint density at radius 1 is 1.07 bits per heavy atom. The van der Waals surface area contributed by atoms with E-state index in [1.807, 2.05) is 59.5 Å². The molecule has 11 heteroatoms. The van der Waals surface area contributed by atoms with E-state index in [1.54, 1.807) is 19.1 Å². The van der Waals surface area contributed by atoms with Crippen LogP contribution in [-0.4, -0.2) is 39.9 Å². The molecule has 0 saturated heterocycles. The van der Waals surface area contributed by atoms with Crippen LogP contribution in [0.1, 0.15) is 24.1 Å². The molecular formula is C30H24BrN5O4S. The molecule has 9 nitrogen and oxygen atoms in total. The van der Waals surface area contributed by atoms with Gasteiger partial charge in [0, 0.05) is 15.6 Å². The van der Waals surface area contributed by atoms with Gasteiger partial charge in [0.2, 0.25) is 5.95 Å². The number of benzene rings is 3. The molecule has 0 bridgehead atoms. The summed E-state index contributed by atoms with van der Waals surface area (Å²) in [5.74, 6) is 0.332. The number of phenols is 1. The molecule has 1 unspecified atom stereocenters. The molecule has 0 aliphatic carbocycles. The van der Waals surface area contributed by atoms with E-state index in [2.05, 4.69) is 25.9 Å². The van der Waals surface area contributed by atoms with Crippen molar-refractivity contribution < 1.29 is 19.4 Å². The number of phenolic OH excluding ortho intramolecular Hbond substituents is 1. The maximum atomic E-state index is 13.7. The van der Waals surface area contributed by atoms with Crippen molar-refractivity contribution >= 4 is 56.3 Å². The average Bonchev–Trinajstić information content (AvgIpc) is 3.35. The van der Waals surface area contributed by atoms with Crippen molar-refractivity contribution in [2.24, 2.45) is 4.99 Å². The number of fused-ring (bicyclic) bond motifs is 3. The second kappa shape index (κ2) is 10.9. The van der Waals surface area contributed by atoms with E-state index in [-0.39, 0.29) is 24.1 Å². The Morgan fingerprint density at radius 3 is 2.54 bits per heavy atom. The van der Waals surface area contributed by atoms with Crippen LogP contribution in [0.5, 0.6) is 11.5 Å². The maximum Gasteiger partial charge on any atom is 0.338 e. The molecule has 3 N–H and O–H groups in total. The number of anilines is 2. The number of amidine groups is 1. The Hall–Kier alpha value is -4.35. The molecule has 206 valence electrons. The van der Waals surface area contributed by atoms with Gasteiger partial charge in [-0.3, -0.25) is 4.90 Å². The van der Waals surface area contributed by atoms with Gasteiger partial charge in [0.05, 0.1) is 41.6 Å². The molecule has 6 rings (SSSR count). The Bertz CT molecular complexity index is 1730. The minimum absolute atomic E-state index is 0.0220. The molecule has 2 aliphatic rings. The van der Waals surface area contributed by atoms with Gasteiger partial charge in [-0.25, -0.2) is 14.8 Å². The number of nitrogen functional groups attached to an aromatic ring is 1. The van der Waals surface area contributed by atoms with Gasteiger partial charge in [0.1, 0.15) is 0 Å². The fourth-order valence-corrected chi connectivity index (χ4v) is 6.25. The van der Waals surface area contributed by atoms with Crippen LogP contribution in [-0.2, 0) is 9.53 Å². The summed E-state index contributed by atoms with van der Waals surface area (Å²) in [7, 11) is 1.48. The number of rotatable bonds is 6. The Morgan fingerprint density at radius 2 is 1.83 bits per heavy atom. The largest absolute Gasteiger partial charge is 0.504 e. The van der Waals surface area contributed by atoms with E-state index in [1.165, 1.54) is 24.9 Å². The van der Waals surface area contributed by atoms with E-state index in [0.29, 0.717) is 33.5 Å². The van der Waals surface area contributed by atoms with Gasteiger partial charge in [-0.15, -0.1) is 0 Å². The summed E-state index contributed by atoms with van der Waals surface area (Å²) in [6.07, 6.45) is 0. The topological polar surface area (TPSA) is 123 Å². The Balaban J connectivity index is 1.63. The number of hydrogen-bond acceptors (Lipinski definition) is 10. The molecule has 0 radical (unpaired) electrons. The SMILES string of the molecule is CCOC(=O)C1=C(c2ccccc2)N=C2Sc3c(-c4ccc(Br)cc4)nc(N)nc3N2C1c1ccc(O)c(OC)c1. The zero-order valence-corrected chi connectivity index (χ0v) is 24.4. The minimum Gasteiger partial charge on any atom is -0.504 e. The van der Waals surface area contributed by atoms with Crippen LogP contribution in [0.25, 0.3) is 17.0 Å². The van der Waals surface area contributed by atoms with Crippen LogP contribution in [0.15, 0.2) is 92.7 Å². The molecule has 1 aromatic heterocycles. The second-order valence-electron chi connectivity index (χ2n) is 9.14. The maximum absolute atomic E-state index is 13.7. The molecule has 3 aromatic carbocycles. The van der Waals surface area contributed by atoms with E-state index >= 15 is 0 Å². The number of ether oxygens (including phenoxy) is 2. The highest BCUT2D eigenvalue weighted by Gasteiger charge is 2.45. The van der Waals surface area contributed by atoms with Crippen molar-refractivity contribution in [3.63, 3.8) is 0 Å². The lowest BCUT2D eigenvalue weighted by Gasteiger charge is -2.35. The summed E-state index contributed by atoms with van der Waals surface area (Å²) >= 11 is 4.90. The lowest BCUT2D eigenvalue weighted by molar-refractivity contribution is -0.138. The Kier molecular flexibility index (Phi) is 7.14. The van der Waals surface area contributed by atoms with Crippen molar-refractivity contribution in [3.05, 3.63) is 94.0 Å². The number of aromatic nitrogens is 2. The third-order valence-electron chi connectivity index (χ3n) is 6.67. The molecule has 0 fully saturated rings. The van der Waals surface area contributed by atoms with Crippen LogP contribution in [0.3, 0.4) is 0 Å². The average molecular weight is 631 g/mol. The van der Waals surface area contributed by atoms with Crippen LogP contribution in [0, 0.1) is 0 Å². The standard InChI is InChI=1S/C30H24BrN5O4S/c1-3-40-28(38)22-23(16-7-5-4-6-8-16)34-30-36(25(22)18-11-14-20(37)21(15-18)39-2)27-26(41-30)24(33-29(32)35-27)17-9-12-19(31)13-10-17/h4-15,25,37H,3H2,1-2H3,(H2,32,33,35). The highest BCUT2D eigenvalue weighted by atomic mass is 79.9. The van der Waals surface area contributed by atoms with Crippen LogP contribution >= 0.6 is 27.7 Å². The number of thioether (sulfide) groups is 1. The molecule has 41 heavy (non-hydrogen) atoms. The first-order valence-electron chi connectivity index (χ1n) is 12.7. The lowest BCUT2D eigenvalue weighted by Crippen LogP contribution is -2.38. The number of esters is 1. The minimum atomic E-state index is -0.730. The van der Waals surface area contributed by atoms with E-state index < -0.39 is 12.0 Å². The van der Waals surface area contributed by atoms with Crippen molar-refractivity contribution in [1.29, 1.82) is 0 Å². The first-order valence-corrected chi connectivity index (χ1v) is 14.3. The van der Waals surface area contributed by atoms with Gasteiger partial charge in [-0.2, -0.15) is 4.98 Å². The summed E-state index contributed by atoms with van der Waals surface area (Å²) in [6.45, 7) is 1.94. The quantitative estimate of drug-likeness (QED) is 0.240. The van der Waals surface area contributed by atoms with Crippen molar-refractivity contribution in [2.45, 2.75) is 17.9 Å². The van der Waals surface area contributed by atoms with Crippen LogP contribution in [0.4, 0.5) is 11.8 Å². The van der Waals surface area contributed by atoms with E-state index in [0.717, 1.165) is 20.5 Å². The van der Waals surface area contributed by atoms with Gasteiger partial charge in [-0.05, 0) is 48.5 Å². The number of aliphatic imine (C=N–C) groups is 1. The first kappa shape index (κ1) is 26.9. The van der Waals surface area contributed by atoms with E-state index in [4.69, 9.17) is 20.2 Å². The summed E-state index contributed by atoms with van der Waals surface area (Å²) in [4.78, 5) is 30.6. The highest BCUT2D eigenvalue weighted by molar-refractivity contribution is 9.10. The molecule has 3 heterocycles. The second-order valence-corrected chi connectivity index (χ2v) is 11.0. The zero-order valence-electron chi connectivity index (χ0n) is 22.0. The van der Waals surface area contributed by atoms with Gasteiger partial charge in [-0.1, -0.05) is 64.5 Å². The summed E-state index contributed by atoms with van der Waals surface area (Å²) in [5, 5.41) is 11.0. The molecular weight excluding hydrogens is 606 g/mol. The predicted molar refractivity (Wildman–Crippen MR) is 163 cm³/mol. The van der Waals surface area contributed by atoms with Gasteiger partial charge < -0.3 is 20.3 Å². The third-order valence-corrected chi connectivity index (χ3v) is 8.25. The van der Waals surface area contributed by atoms with Crippen molar-refractivity contribution in [3.8, 4) is 22.8 Å². The first-order chi connectivity index (χ1) is 19.9. The number of aromatic hydroxyl groups is 1. The smallest absolute Gasteiger partial charge is 0.338 e. The third kappa shape index (κ3) is 4.81. The molecule has 1 atom stereocenters. The summed E-state index contributed by atoms with van der Waals surface area (Å²) in [5.41, 5.74) is 10.0. The molecule has 0 spiro atoms. The van der Waals surface area contributed by atoms with Crippen LogP contribution < -0.4 is 15.4 Å². The van der Waals surface area contributed by atoms with Crippen molar-refractivity contribution in [1.82, 2.24) is 9.97 Å². The predicted octanol–water partition coefficient (Wildman–Crippen LogP) is 6.20. The summed E-state index contributed by atoms with van der Waals surface area (Å²) < 4.78 is 12.0. The normalized spacial score (nSPS) is 15.7.